The summed E-state index contributed by atoms with van der Waals surface area (Å²) in [4.78, 5) is 10.8. The van der Waals surface area contributed by atoms with Gasteiger partial charge in [-0.15, -0.1) is 0 Å². The van der Waals surface area contributed by atoms with Crippen molar-refractivity contribution in [1.29, 1.82) is 0 Å². The predicted molar refractivity (Wildman–Crippen MR) is 45.8 cm³/mol. The first kappa shape index (κ1) is 10.0. The van der Waals surface area contributed by atoms with Gasteiger partial charge < -0.3 is 11.1 Å². The van der Waals surface area contributed by atoms with Crippen molar-refractivity contribution in [3.63, 3.8) is 0 Å². The third-order valence-electron chi connectivity index (χ3n) is 1.38. The maximum absolute atomic E-state index is 10.8. The summed E-state index contributed by atoms with van der Waals surface area (Å²) in [7, 11) is 0. The molecule has 0 aliphatic carbocycles. The van der Waals surface area contributed by atoms with Crippen LogP contribution in [0.3, 0.4) is 0 Å². The summed E-state index contributed by atoms with van der Waals surface area (Å²) in [6.07, 6.45) is 0. The molecule has 1 amide bonds. The Balaban J connectivity index is 4.12. The van der Waals surface area contributed by atoms with Gasteiger partial charge in [-0.3, -0.25) is 4.79 Å². The van der Waals surface area contributed by atoms with E-state index in [2.05, 4.69) is 11.9 Å². The third kappa shape index (κ3) is 3.65. The van der Waals surface area contributed by atoms with Crippen LogP contribution in [0.2, 0.25) is 0 Å². The van der Waals surface area contributed by atoms with Gasteiger partial charge in [-0.05, 0) is 12.8 Å². The molecule has 0 saturated heterocycles. The highest BCUT2D eigenvalue weighted by Crippen LogP contribution is 2.01. The molecule has 3 heteroatoms. The van der Waals surface area contributed by atoms with Crippen molar-refractivity contribution in [2.75, 3.05) is 0 Å². The topological polar surface area (TPSA) is 55.1 Å². The molecule has 0 heterocycles. The minimum Gasteiger partial charge on any atom is -0.378 e. The van der Waals surface area contributed by atoms with Gasteiger partial charge in [-0.1, -0.05) is 20.4 Å². The number of amides is 1. The van der Waals surface area contributed by atoms with Crippen molar-refractivity contribution in [2.24, 2.45) is 11.7 Å². The van der Waals surface area contributed by atoms with Gasteiger partial charge in [0.25, 0.3) is 0 Å². The van der Waals surface area contributed by atoms with E-state index in [0.717, 1.165) is 5.70 Å². The van der Waals surface area contributed by atoms with Crippen LogP contribution in [0.4, 0.5) is 0 Å². The predicted octanol–water partition coefficient (Wildman–Crippen LogP) is 0.619. The van der Waals surface area contributed by atoms with Crippen molar-refractivity contribution in [1.82, 2.24) is 5.32 Å². The van der Waals surface area contributed by atoms with Crippen LogP contribution < -0.4 is 11.1 Å². The number of primary amides is 1. The summed E-state index contributed by atoms with van der Waals surface area (Å²) >= 11 is 0. The van der Waals surface area contributed by atoms with Crippen LogP contribution in [-0.2, 0) is 4.79 Å². The second kappa shape index (κ2) is 4.01. The van der Waals surface area contributed by atoms with E-state index in [4.69, 9.17) is 5.73 Å². The summed E-state index contributed by atoms with van der Waals surface area (Å²) < 4.78 is 0. The first-order valence-corrected chi connectivity index (χ1v) is 3.66. The molecule has 0 aromatic rings. The molecule has 0 aromatic heterocycles. The average molecular weight is 156 g/mol. The van der Waals surface area contributed by atoms with E-state index in [0.29, 0.717) is 0 Å². The van der Waals surface area contributed by atoms with E-state index in [1.54, 1.807) is 6.92 Å². The van der Waals surface area contributed by atoms with E-state index in [-0.39, 0.29) is 17.9 Å². The van der Waals surface area contributed by atoms with E-state index in [9.17, 15) is 4.79 Å². The van der Waals surface area contributed by atoms with Gasteiger partial charge in [-0.25, -0.2) is 0 Å². The van der Waals surface area contributed by atoms with Gasteiger partial charge in [0.1, 0.15) is 6.04 Å². The fourth-order valence-corrected chi connectivity index (χ4v) is 0.832. The van der Waals surface area contributed by atoms with Crippen LogP contribution in [0.1, 0.15) is 20.8 Å². The van der Waals surface area contributed by atoms with Gasteiger partial charge in [-0.2, -0.15) is 0 Å². The molecule has 1 atom stereocenters. The van der Waals surface area contributed by atoms with Gasteiger partial charge in [0.15, 0.2) is 0 Å². The van der Waals surface area contributed by atoms with Gasteiger partial charge in [0.2, 0.25) is 5.91 Å². The monoisotopic (exact) mass is 156 g/mol. The number of carbonyl (C=O) groups excluding carboxylic acids is 1. The van der Waals surface area contributed by atoms with Crippen LogP contribution in [-0.4, -0.2) is 11.9 Å². The van der Waals surface area contributed by atoms with Crippen molar-refractivity contribution in [3.05, 3.63) is 12.3 Å². The molecule has 3 N–H and O–H groups in total. The molecule has 0 saturated carbocycles. The zero-order valence-corrected chi connectivity index (χ0v) is 7.35. The van der Waals surface area contributed by atoms with E-state index in [1.807, 2.05) is 13.8 Å². The van der Waals surface area contributed by atoms with E-state index < -0.39 is 0 Å². The Labute approximate surface area is 67.7 Å². The normalized spacial score (nSPS) is 12.7. The molecular weight excluding hydrogens is 140 g/mol. The number of nitrogens with two attached hydrogens (primary N) is 1. The van der Waals surface area contributed by atoms with Gasteiger partial charge in [0, 0.05) is 5.70 Å². The second-order valence-electron chi connectivity index (χ2n) is 3.05. The lowest BCUT2D eigenvalue weighted by molar-refractivity contribution is -0.120. The first-order chi connectivity index (χ1) is 4.95. The fourth-order valence-electron chi connectivity index (χ4n) is 0.832. The zero-order chi connectivity index (χ0) is 9.02. The standard InChI is InChI=1S/C8H16N2O/c1-5(2)7(8(9)11)10-6(3)4/h5,7,10H,3H2,1-2,4H3,(H2,9,11). The Morgan fingerprint density at radius 1 is 1.55 bits per heavy atom. The van der Waals surface area contributed by atoms with Gasteiger partial charge >= 0.3 is 0 Å². The molecule has 0 fully saturated rings. The minimum absolute atomic E-state index is 0.198. The SMILES string of the molecule is C=C(C)NC(C(N)=O)C(C)C. The molecule has 0 radical (unpaired) electrons. The second-order valence-corrected chi connectivity index (χ2v) is 3.05. The molecule has 11 heavy (non-hydrogen) atoms. The van der Waals surface area contributed by atoms with Crippen molar-refractivity contribution in [2.45, 2.75) is 26.8 Å². The van der Waals surface area contributed by atoms with Crippen LogP contribution in [0.15, 0.2) is 12.3 Å². The largest absolute Gasteiger partial charge is 0.378 e. The van der Waals surface area contributed by atoms with Crippen molar-refractivity contribution < 1.29 is 4.79 Å². The number of carbonyl (C=O) groups is 1. The molecule has 0 spiro atoms. The summed E-state index contributed by atoms with van der Waals surface area (Å²) in [5.74, 6) is -0.132. The van der Waals surface area contributed by atoms with Crippen LogP contribution >= 0.6 is 0 Å². The smallest absolute Gasteiger partial charge is 0.240 e. The van der Waals surface area contributed by atoms with Crippen molar-refractivity contribution in [3.8, 4) is 0 Å². The lowest BCUT2D eigenvalue weighted by atomic mass is 10.0. The number of allylic oxidation sites excluding steroid dienone is 1. The van der Waals surface area contributed by atoms with Crippen LogP contribution in [0.5, 0.6) is 0 Å². The maximum atomic E-state index is 10.8. The molecule has 0 rings (SSSR count). The van der Waals surface area contributed by atoms with E-state index in [1.165, 1.54) is 0 Å². The highest BCUT2D eigenvalue weighted by Gasteiger charge is 2.17. The molecule has 1 unspecified atom stereocenters. The molecule has 64 valence electrons. The van der Waals surface area contributed by atoms with E-state index >= 15 is 0 Å². The first-order valence-electron chi connectivity index (χ1n) is 3.66. The molecule has 0 aliphatic heterocycles. The molecule has 0 aliphatic rings. The minimum atomic E-state index is -0.331. The number of hydrogen-bond donors (Lipinski definition) is 2. The highest BCUT2D eigenvalue weighted by atomic mass is 16.1. The maximum Gasteiger partial charge on any atom is 0.240 e. The average Bonchev–Trinajstić information content (AvgIpc) is 1.81. The molecule has 0 bridgehead atoms. The Morgan fingerprint density at radius 2 is 2.00 bits per heavy atom. The molecule has 0 aromatic carbocycles. The summed E-state index contributed by atoms with van der Waals surface area (Å²) in [5, 5.41) is 2.91. The van der Waals surface area contributed by atoms with Crippen molar-refractivity contribution >= 4 is 5.91 Å². The Hall–Kier alpha value is -0.990. The van der Waals surface area contributed by atoms with Crippen LogP contribution in [0.25, 0.3) is 0 Å². The Kier molecular flexibility index (Phi) is 3.65. The van der Waals surface area contributed by atoms with Gasteiger partial charge in [0.05, 0.1) is 0 Å². The zero-order valence-electron chi connectivity index (χ0n) is 7.35. The fraction of sp³-hybridized carbons (Fsp3) is 0.625. The summed E-state index contributed by atoms with van der Waals surface area (Å²) in [6.45, 7) is 9.32. The third-order valence-corrected chi connectivity index (χ3v) is 1.38. The molecular formula is C8H16N2O. The number of rotatable bonds is 4. The number of hydrogen-bond acceptors (Lipinski definition) is 2. The molecule has 3 nitrogen and oxygen atoms in total. The highest BCUT2D eigenvalue weighted by molar-refractivity contribution is 5.80. The Morgan fingerprint density at radius 3 is 2.09 bits per heavy atom. The number of nitrogens with one attached hydrogen (secondary N) is 1. The lowest BCUT2D eigenvalue weighted by Crippen LogP contribution is -2.43. The summed E-state index contributed by atoms with van der Waals surface area (Å²) in [6, 6.07) is -0.299. The van der Waals surface area contributed by atoms with Crippen LogP contribution in [0, 0.1) is 5.92 Å². The lowest BCUT2D eigenvalue weighted by Gasteiger charge is -2.19. The summed E-state index contributed by atoms with van der Waals surface area (Å²) in [5.41, 5.74) is 5.91. The Bertz CT molecular complexity index is 163. The quantitative estimate of drug-likeness (QED) is 0.627.